The Bertz CT molecular complexity index is 1180. The highest BCUT2D eigenvalue weighted by Crippen LogP contribution is 2.37. The maximum absolute atomic E-state index is 13.0. The highest BCUT2D eigenvalue weighted by atomic mass is 19.4. The molecule has 0 radical (unpaired) electrons. The maximum atomic E-state index is 13.0. The third kappa shape index (κ3) is 4.78. The van der Waals surface area contributed by atoms with E-state index in [2.05, 4.69) is 10.6 Å². The van der Waals surface area contributed by atoms with Gasteiger partial charge >= 0.3 is 6.18 Å². The minimum atomic E-state index is -4.54. The molecule has 184 valence electrons. The van der Waals surface area contributed by atoms with E-state index in [-0.39, 0.29) is 36.9 Å². The summed E-state index contributed by atoms with van der Waals surface area (Å²) >= 11 is 0. The zero-order chi connectivity index (χ0) is 25.4. The van der Waals surface area contributed by atoms with Gasteiger partial charge in [0.1, 0.15) is 0 Å². The van der Waals surface area contributed by atoms with Crippen molar-refractivity contribution in [2.45, 2.75) is 44.2 Å². The fourth-order valence-electron chi connectivity index (χ4n) is 4.67. The minimum Gasteiger partial charge on any atom is -0.326 e. The number of hydrogen-bond donors (Lipinski definition) is 2. The summed E-state index contributed by atoms with van der Waals surface area (Å²) < 4.78 is 39.1. The van der Waals surface area contributed by atoms with Gasteiger partial charge in [0.2, 0.25) is 23.6 Å². The fraction of sp³-hybridized carbons (Fsp3) is 0.360. The molecule has 10 heteroatoms. The average Bonchev–Trinajstić information content (AvgIpc) is 3.21. The molecule has 2 aromatic carbocycles. The molecule has 4 amide bonds. The van der Waals surface area contributed by atoms with Crippen molar-refractivity contribution in [3.8, 4) is 0 Å². The summed E-state index contributed by atoms with van der Waals surface area (Å²) in [7, 11) is 0. The Balaban J connectivity index is 1.44. The Kier molecular flexibility index (Phi) is 6.40. The number of anilines is 2. The van der Waals surface area contributed by atoms with Gasteiger partial charge in [0.05, 0.1) is 16.9 Å². The lowest BCUT2D eigenvalue weighted by Gasteiger charge is -2.35. The van der Waals surface area contributed by atoms with Crippen LogP contribution in [-0.2, 0) is 30.8 Å². The zero-order valence-electron chi connectivity index (χ0n) is 18.9. The van der Waals surface area contributed by atoms with Gasteiger partial charge in [-0.15, -0.1) is 0 Å². The first-order valence-corrected chi connectivity index (χ1v) is 11.3. The number of nitrogens with one attached hydrogen (secondary N) is 2. The third-order valence-electron chi connectivity index (χ3n) is 6.76. The molecule has 2 heterocycles. The lowest BCUT2D eigenvalue weighted by atomic mass is 9.72. The van der Waals surface area contributed by atoms with Crippen LogP contribution in [0.1, 0.15) is 43.7 Å². The van der Waals surface area contributed by atoms with Crippen LogP contribution in [0.25, 0.3) is 0 Å². The summed E-state index contributed by atoms with van der Waals surface area (Å²) in [6.45, 7) is 1.84. The number of hydrogen-bond acceptors (Lipinski definition) is 4. The molecule has 2 aliphatic heterocycles. The van der Waals surface area contributed by atoms with Gasteiger partial charge < -0.3 is 10.2 Å². The van der Waals surface area contributed by atoms with E-state index in [0.717, 1.165) is 17.7 Å². The van der Waals surface area contributed by atoms with Gasteiger partial charge in [0, 0.05) is 30.8 Å². The topological polar surface area (TPSA) is 95.6 Å². The van der Waals surface area contributed by atoms with Crippen LogP contribution in [-0.4, -0.2) is 30.2 Å². The second-order valence-corrected chi connectivity index (χ2v) is 8.83. The van der Waals surface area contributed by atoms with Crippen molar-refractivity contribution >= 4 is 35.0 Å². The molecule has 4 rings (SSSR count). The third-order valence-corrected chi connectivity index (χ3v) is 6.76. The van der Waals surface area contributed by atoms with Gasteiger partial charge in [0.25, 0.3) is 0 Å². The van der Waals surface area contributed by atoms with E-state index >= 15 is 0 Å². The van der Waals surface area contributed by atoms with Gasteiger partial charge in [-0.1, -0.05) is 25.1 Å². The summed E-state index contributed by atoms with van der Waals surface area (Å²) in [5, 5.41) is 5.13. The summed E-state index contributed by atoms with van der Waals surface area (Å²) in [5.74, 6) is -2.22. The molecule has 0 saturated carbocycles. The van der Waals surface area contributed by atoms with Crippen LogP contribution in [0.15, 0.2) is 48.5 Å². The SMILES string of the molecule is CCC1(c2ccc(NC(=O)C3CC(=O)N(c4cccc(C(F)(F)F)c4)C3)cc2)CCC(=O)NC1=O. The normalized spacial score (nSPS) is 22.8. The zero-order valence-corrected chi connectivity index (χ0v) is 18.9. The van der Waals surface area contributed by atoms with Crippen LogP contribution in [0.5, 0.6) is 0 Å². The summed E-state index contributed by atoms with van der Waals surface area (Å²) in [4.78, 5) is 50.5. The molecular weight excluding hydrogens is 463 g/mol. The molecule has 0 aliphatic carbocycles. The van der Waals surface area contributed by atoms with Gasteiger partial charge in [-0.05, 0) is 48.7 Å². The standard InChI is InChI=1S/C25H24F3N3O4/c1-2-24(11-10-20(32)30-23(24)35)16-6-8-18(9-7-16)29-22(34)15-12-21(33)31(14-15)19-5-3-4-17(13-19)25(26,27)28/h3-9,13,15H,2,10-12,14H2,1H3,(H,29,34)(H,30,32,35). The van der Waals surface area contributed by atoms with Crippen molar-refractivity contribution in [2.75, 3.05) is 16.8 Å². The summed E-state index contributed by atoms with van der Waals surface area (Å²) in [6.07, 6.45) is -3.50. The predicted molar refractivity (Wildman–Crippen MR) is 121 cm³/mol. The Hall–Kier alpha value is -3.69. The largest absolute Gasteiger partial charge is 0.416 e. The Morgan fingerprint density at radius 3 is 2.49 bits per heavy atom. The second kappa shape index (κ2) is 9.16. The second-order valence-electron chi connectivity index (χ2n) is 8.83. The van der Waals surface area contributed by atoms with Crippen molar-refractivity contribution < 1.29 is 32.3 Å². The maximum Gasteiger partial charge on any atom is 0.416 e. The number of benzene rings is 2. The van der Waals surface area contributed by atoms with E-state index in [1.54, 1.807) is 24.3 Å². The first-order chi connectivity index (χ1) is 16.5. The number of piperidine rings is 1. The van der Waals surface area contributed by atoms with E-state index in [9.17, 15) is 32.3 Å². The molecule has 0 spiro atoms. The molecular formula is C25H24F3N3O4. The van der Waals surface area contributed by atoms with Crippen molar-refractivity contribution in [2.24, 2.45) is 5.92 Å². The lowest BCUT2D eigenvalue weighted by molar-refractivity contribution is -0.139. The lowest BCUT2D eigenvalue weighted by Crippen LogP contribution is -2.51. The van der Waals surface area contributed by atoms with Crippen molar-refractivity contribution in [1.82, 2.24) is 5.32 Å². The highest BCUT2D eigenvalue weighted by Gasteiger charge is 2.42. The van der Waals surface area contributed by atoms with Crippen LogP contribution < -0.4 is 15.5 Å². The number of alkyl halides is 3. The van der Waals surface area contributed by atoms with Crippen molar-refractivity contribution in [3.63, 3.8) is 0 Å². The van der Waals surface area contributed by atoms with Crippen LogP contribution in [0, 0.1) is 5.92 Å². The molecule has 0 bridgehead atoms. The molecule has 7 nitrogen and oxygen atoms in total. The minimum absolute atomic E-state index is 0.0305. The number of nitrogens with zero attached hydrogens (tertiary/aromatic N) is 1. The molecule has 2 N–H and O–H groups in total. The number of imide groups is 1. The smallest absolute Gasteiger partial charge is 0.326 e. The summed E-state index contributed by atoms with van der Waals surface area (Å²) in [5.41, 5.74) is -0.396. The number of carbonyl (C=O) groups is 4. The monoisotopic (exact) mass is 487 g/mol. The predicted octanol–water partition coefficient (Wildman–Crippen LogP) is 3.78. The number of amides is 4. The van der Waals surface area contributed by atoms with Crippen LogP contribution in [0.2, 0.25) is 0 Å². The van der Waals surface area contributed by atoms with E-state index < -0.39 is 34.9 Å². The van der Waals surface area contributed by atoms with E-state index in [0.29, 0.717) is 18.5 Å². The quantitative estimate of drug-likeness (QED) is 0.628. The van der Waals surface area contributed by atoms with E-state index in [1.165, 1.54) is 17.0 Å². The van der Waals surface area contributed by atoms with Crippen LogP contribution in [0.4, 0.5) is 24.5 Å². The van der Waals surface area contributed by atoms with Gasteiger partial charge in [-0.2, -0.15) is 13.2 Å². The average molecular weight is 487 g/mol. The molecule has 0 aromatic heterocycles. The van der Waals surface area contributed by atoms with Crippen molar-refractivity contribution in [1.29, 1.82) is 0 Å². The van der Waals surface area contributed by atoms with E-state index in [4.69, 9.17) is 0 Å². The number of carbonyl (C=O) groups excluding carboxylic acids is 4. The Labute approximate surface area is 199 Å². The van der Waals surface area contributed by atoms with Gasteiger partial charge in [0.15, 0.2) is 0 Å². The summed E-state index contributed by atoms with van der Waals surface area (Å²) in [6, 6.07) is 11.2. The highest BCUT2D eigenvalue weighted by molar-refractivity contribution is 6.04. The Morgan fingerprint density at radius 2 is 1.86 bits per heavy atom. The van der Waals surface area contributed by atoms with E-state index in [1.807, 2.05) is 6.92 Å². The molecule has 2 aromatic rings. The van der Waals surface area contributed by atoms with Crippen LogP contribution in [0.3, 0.4) is 0 Å². The molecule has 2 atom stereocenters. The first kappa shape index (κ1) is 24.4. The van der Waals surface area contributed by atoms with Gasteiger partial charge in [-0.3, -0.25) is 24.5 Å². The fourth-order valence-corrected chi connectivity index (χ4v) is 4.67. The molecule has 35 heavy (non-hydrogen) atoms. The number of rotatable bonds is 5. The molecule has 2 fully saturated rings. The van der Waals surface area contributed by atoms with Crippen molar-refractivity contribution in [3.05, 3.63) is 59.7 Å². The first-order valence-electron chi connectivity index (χ1n) is 11.3. The Morgan fingerprint density at radius 1 is 1.14 bits per heavy atom. The van der Waals surface area contributed by atoms with Gasteiger partial charge in [-0.25, -0.2) is 0 Å². The molecule has 2 saturated heterocycles. The molecule has 2 unspecified atom stereocenters. The number of halogens is 3. The van der Waals surface area contributed by atoms with Crippen LogP contribution >= 0.6 is 0 Å². The molecule has 2 aliphatic rings.